The van der Waals surface area contributed by atoms with Gasteiger partial charge in [-0.2, -0.15) is 0 Å². The van der Waals surface area contributed by atoms with Crippen molar-refractivity contribution in [1.82, 2.24) is 4.90 Å². The average molecular weight is 323 g/mol. The van der Waals surface area contributed by atoms with E-state index in [0.29, 0.717) is 6.04 Å². The first kappa shape index (κ1) is 13.4. The van der Waals surface area contributed by atoms with E-state index in [0.717, 1.165) is 11.4 Å². The van der Waals surface area contributed by atoms with Gasteiger partial charge in [-0.25, -0.2) is 0 Å². The van der Waals surface area contributed by atoms with Gasteiger partial charge >= 0.3 is 0 Å². The molecule has 2 aliphatic heterocycles. The second-order valence-electron chi connectivity index (χ2n) is 5.95. The van der Waals surface area contributed by atoms with Crippen molar-refractivity contribution in [3.05, 3.63) is 29.8 Å². The maximum Gasteiger partial charge on any atom is 0.0389 e. The molecule has 2 atom stereocenters. The summed E-state index contributed by atoms with van der Waals surface area (Å²) in [5, 5.41) is 0.944. The lowest BCUT2D eigenvalue weighted by atomic mass is 9.96. The molecule has 19 heavy (non-hydrogen) atoms. The van der Waals surface area contributed by atoms with Crippen molar-refractivity contribution in [1.29, 1.82) is 0 Å². The lowest BCUT2D eigenvalue weighted by Gasteiger charge is -2.48. The molecule has 2 aliphatic rings. The number of nitrogens with zero attached hydrogens (tertiary/aromatic N) is 2. The normalized spacial score (nSPS) is 28.2. The van der Waals surface area contributed by atoms with Gasteiger partial charge in [-0.3, -0.25) is 4.90 Å². The summed E-state index contributed by atoms with van der Waals surface area (Å²) in [6.07, 6.45) is 4.18. The molecule has 3 rings (SSSR count). The number of halogens is 1. The van der Waals surface area contributed by atoms with Crippen LogP contribution < -0.4 is 4.90 Å². The summed E-state index contributed by atoms with van der Waals surface area (Å²) >= 11 is 3.52. The summed E-state index contributed by atoms with van der Waals surface area (Å²) in [7, 11) is 0. The number of piperidine rings is 1. The topological polar surface area (TPSA) is 6.48 Å². The highest BCUT2D eigenvalue weighted by Gasteiger charge is 2.32. The van der Waals surface area contributed by atoms with Crippen molar-refractivity contribution < 1.29 is 0 Å². The zero-order chi connectivity index (χ0) is 13.2. The molecule has 0 radical (unpaired) electrons. The van der Waals surface area contributed by atoms with E-state index in [1.807, 2.05) is 0 Å². The van der Waals surface area contributed by atoms with E-state index in [1.165, 1.54) is 50.1 Å². The van der Waals surface area contributed by atoms with E-state index in [1.54, 1.807) is 0 Å². The number of hydrogen-bond donors (Lipinski definition) is 0. The molecule has 0 N–H and O–H groups in total. The van der Waals surface area contributed by atoms with Gasteiger partial charge < -0.3 is 4.90 Å². The fourth-order valence-electron chi connectivity index (χ4n) is 3.49. The summed E-state index contributed by atoms with van der Waals surface area (Å²) in [6, 6.07) is 10.5. The molecule has 3 heteroatoms. The van der Waals surface area contributed by atoms with Gasteiger partial charge in [-0.1, -0.05) is 34.5 Å². The van der Waals surface area contributed by atoms with Crippen LogP contribution in [0.2, 0.25) is 0 Å². The molecule has 0 bridgehead atoms. The zero-order valence-corrected chi connectivity index (χ0v) is 13.3. The first-order chi connectivity index (χ1) is 9.28. The minimum atomic E-state index is 0.629. The Morgan fingerprint density at radius 1 is 1.16 bits per heavy atom. The molecule has 0 saturated carbocycles. The molecule has 2 nitrogen and oxygen atoms in total. The molecule has 2 saturated heterocycles. The van der Waals surface area contributed by atoms with Crippen molar-refractivity contribution in [3.8, 4) is 0 Å². The van der Waals surface area contributed by atoms with Crippen LogP contribution in [0.15, 0.2) is 24.3 Å². The van der Waals surface area contributed by atoms with Gasteiger partial charge in [-0.05, 0) is 44.0 Å². The van der Waals surface area contributed by atoms with E-state index in [2.05, 4.69) is 56.9 Å². The SMILES string of the molecule is CC1CN2CCCCC2CN1c1ccc(CBr)cc1. The second kappa shape index (κ2) is 5.84. The van der Waals surface area contributed by atoms with Gasteiger partial charge in [0.1, 0.15) is 0 Å². The fraction of sp³-hybridized carbons (Fsp3) is 0.625. The average Bonchev–Trinajstić information content (AvgIpc) is 2.47. The number of alkyl halides is 1. The molecule has 1 aromatic rings. The maximum atomic E-state index is 3.52. The molecule has 2 heterocycles. The van der Waals surface area contributed by atoms with Crippen LogP contribution >= 0.6 is 15.9 Å². The largest absolute Gasteiger partial charge is 0.366 e. The van der Waals surface area contributed by atoms with E-state index in [-0.39, 0.29) is 0 Å². The number of rotatable bonds is 2. The Balaban J connectivity index is 1.75. The van der Waals surface area contributed by atoms with Gasteiger partial charge in [0.05, 0.1) is 0 Å². The predicted molar refractivity (Wildman–Crippen MR) is 85.1 cm³/mol. The number of benzene rings is 1. The third kappa shape index (κ3) is 2.82. The maximum absolute atomic E-state index is 3.52. The van der Waals surface area contributed by atoms with Crippen LogP contribution in [0.1, 0.15) is 31.7 Å². The zero-order valence-electron chi connectivity index (χ0n) is 11.7. The molecule has 0 aliphatic carbocycles. The van der Waals surface area contributed by atoms with Crippen molar-refractivity contribution in [2.24, 2.45) is 0 Å². The predicted octanol–water partition coefficient (Wildman–Crippen LogP) is 3.64. The number of anilines is 1. The van der Waals surface area contributed by atoms with Crippen molar-refractivity contribution in [2.75, 3.05) is 24.5 Å². The highest BCUT2D eigenvalue weighted by Crippen LogP contribution is 2.28. The Hall–Kier alpha value is -0.540. The molecule has 0 spiro atoms. The van der Waals surface area contributed by atoms with Gasteiger partial charge in [0, 0.05) is 36.2 Å². The molecule has 0 aromatic heterocycles. The molecular formula is C16H23BrN2. The van der Waals surface area contributed by atoms with Crippen LogP contribution in [-0.4, -0.2) is 36.6 Å². The van der Waals surface area contributed by atoms with Crippen molar-refractivity contribution >= 4 is 21.6 Å². The van der Waals surface area contributed by atoms with Gasteiger partial charge in [0.2, 0.25) is 0 Å². The van der Waals surface area contributed by atoms with Crippen LogP contribution in [0.3, 0.4) is 0 Å². The second-order valence-corrected chi connectivity index (χ2v) is 6.51. The summed E-state index contributed by atoms with van der Waals surface area (Å²) in [5.41, 5.74) is 2.75. The monoisotopic (exact) mass is 322 g/mol. The summed E-state index contributed by atoms with van der Waals surface area (Å²) in [5.74, 6) is 0. The van der Waals surface area contributed by atoms with Crippen LogP contribution in [0.4, 0.5) is 5.69 Å². The van der Waals surface area contributed by atoms with Crippen molar-refractivity contribution in [3.63, 3.8) is 0 Å². The Labute approximate surface area is 124 Å². The molecule has 0 amide bonds. The summed E-state index contributed by atoms with van der Waals surface area (Å²) in [4.78, 5) is 5.31. The Morgan fingerprint density at radius 2 is 1.95 bits per heavy atom. The van der Waals surface area contributed by atoms with E-state index in [9.17, 15) is 0 Å². The van der Waals surface area contributed by atoms with Crippen LogP contribution in [0, 0.1) is 0 Å². The molecule has 2 fully saturated rings. The first-order valence-electron chi connectivity index (χ1n) is 7.43. The smallest absolute Gasteiger partial charge is 0.0389 e. The molecule has 2 unspecified atom stereocenters. The molecular weight excluding hydrogens is 300 g/mol. The highest BCUT2D eigenvalue weighted by molar-refractivity contribution is 9.08. The third-order valence-corrected chi connectivity index (χ3v) is 5.26. The highest BCUT2D eigenvalue weighted by atomic mass is 79.9. The van der Waals surface area contributed by atoms with Crippen LogP contribution in [0.5, 0.6) is 0 Å². The third-order valence-electron chi connectivity index (χ3n) is 4.61. The van der Waals surface area contributed by atoms with Crippen LogP contribution in [0.25, 0.3) is 0 Å². The minimum Gasteiger partial charge on any atom is -0.366 e. The first-order valence-corrected chi connectivity index (χ1v) is 8.55. The number of piperazine rings is 1. The standard InChI is InChI=1S/C16H23BrN2/c1-13-11-18-9-3-2-4-16(18)12-19(13)15-7-5-14(10-17)6-8-15/h5-8,13,16H,2-4,9-12H2,1H3. The van der Waals surface area contributed by atoms with Crippen LogP contribution in [-0.2, 0) is 5.33 Å². The molecule has 104 valence electrons. The lowest BCUT2D eigenvalue weighted by molar-refractivity contribution is 0.115. The minimum absolute atomic E-state index is 0.629. The van der Waals surface area contributed by atoms with Gasteiger partial charge in [-0.15, -0.1) is 0 Å². The Kier molecular flexibility index (Phi) is 4.13. The molecule has 1 aromatic carbocycles. The van der Waals surface area contributed by atoms with E-state index in [4.69, 9.17) is 0 Å². The fourth-order valence-corrected chi connectivity index (χ4v) is 3.86. The van der Waals surface area contributed by atoms with Gasteiger partial charge in [0.15, 0.2) is 0 Å². The summed E-state index contributed by atoms with van der Waals surface area (Å²) < 4.78 is 0. The Bertz CT molecular complexity index is 417. The number of hydrogen-bond acceptors (Lipinski definition) is 2. The number of fused-ring (bicyclic) bond motifs is 1. The van der Waals surface area contributed by atoms with Crippen molar-refractivity contribution in [2.45, 2.75) is 43.6 Å². The Morgan fingerprint density at radius 3 is 2.68 bits per heavy atom. The van der Waals surface area contributed by atoms with Gasteiger partial charge in [0.25, 0.3) is 0 Å². The van der Waals surface area contributed by atoms with E-state index < -0.39 is 0 Å². The quantitative estimate of drug-likeness (QED) is 0.767. The summed E-state index contributed by atoms with van der Waals surface area (Å²) in [6.45, 7) is 6.11. The lowest BCUT2D eigenvalue weighted by Crippen LogP contribution is -2.58. The van der Waals surface area contributed by atoms with E-state index >= 15 is 0 Å².